The van der Waals surface area contributed by atoms with Crippen molar-refractivity contribution in [1.29, 1.82) is 0 Å². The molecule has 1 atom stereocenters. The smallest absolute Gasteiger partial charge is 0.106 e. The molecule has 3 rings (SSSR count). The van der Waals surface area contributed by atoms with E-state index in [-0.39, 0.29) is 5.41 Å². The van der Waals surface area contributed by atoms with Crippen molar-refractivity contribution < 1.29 is 5.11 Å². The maximum Gasteiger partial charge on any atom is 0.106 e. The Bertz CT molecular complexity index is 500. The van der Waals surface area contributed by atoms with Gasteiger partial charge in [0.2, 0.25) is 0 Å². The monoisotopic (exact) mass is 305 g/mol. The van der Waals surface area contributed by atoms with Crippen LogP contribution in [0.5, 0.6) is 0 Å². The van der Waals surface area contributed by atoms with Crippen LogP contribution in [0.1, 0.15) is 64.4 Å². The third-order valence-corrected chi connectivity index (χ3v) is 6.02. The number of nitrogens with one attached hydrogen (secondary N) is 1. The molecule has 2 aliphatic rings. The topological polar surface area (TPSA) is 52.2 Å². The molecule has 0 radical (unpaired) electrons. The Hall–Kier alpha value is -0.870. The third kappa shape index (κ3) is 3.38. The highest BCUT2D eigenvalue weighted by atomic mass is 16.3. The average Bonchev–Trinajstić information content (AvgIpc) is 3.07. The van der Waals surface area contributed by atoms with Gasteiger partial charge in [-0.05, 0) is 19.3 Å². The van der Waals surface area contributed by atoms with Gasteiger partial charge in [0.15, 0.2) is 0 Å². The number of aromatic amines is 1. The van der Waals surface area contributed by atoms with Crippen LogP contribution in [0, 0.1) is 11.3 Å². The lowest BCUT2D eigenvalue weighted by molar-refractivity contribution is -0.107. The number of likely N-dealkylation sites (tertiary alicyclic amines) is 1. The molecule has 22 heavy (non-hydrogen) atoms. The fourth-order valence-electron chi connectivity index (χ4n) is 3.98. The van der Waals surface area contributed by atoms with E-state index in [1.54, 1.807) is 0 Å². The molecule has 124 valence electrons. The zero-order chi connectivity index (χ0) is 15.8. The van der Waals surface area contributed by atoms with Crippen LogP contribution in [0.3, 0.4) is 0 Å². The molecular formula is C18H31N3O. The Morgan fingerprint density at radius 1 is 1.32 bits per heavy atom. The van der Waals surface area contributed by atoms with E-state index in [1.165, 1.54) is 31.4 Å². The Balaban J connectivity index is 1.56. The van der Waals surface area contributed by atoms with Gasteiger partial charge in [-0.3, -0.25) is 4.90 Å². The highest BCUT2D eigenvalue weighted by Crippen LogP contribution is 2.38. The molecule has 1 aromatic rings. The zero-order valence-corrected chi connectivity index (χ0v) is 14.4. The fraction of sp³-hybridized carbons (Fsp3) is 0.833. The second kappa shape index (κ2) is 5.97. The van der Waals surface area contributed by atoms with Gasteiger partial charge in [0, 0.05) is 43.4 Å². The number of piperidine rings is 1. The number of imidazole rings is 1. The first-order valence-corrected chi connectivity index (χ1v) is 8.83. The lowest BCUT2D eigenvalue weighted by atomic mass is 9.71. The number of aromatic nitrogens is 2. The second-order valence-corrected chi connectivity index (χ2v) is 8.33. The molecule has 2 fully saturated rings. The van der Waals surface area contributed by atoms with Gasteiger partial charge in [-0.2, -0.15) is 0 Å². The minimum absolute atomic E-state index is 0.0715. The molecule has 0 unspecified atom stereocenters. The van der Waals surface area contributed by atoms with Crippen molar-refractivity contribution in [2.75, 3.05) is 13.1 Å². The lowest BCUT2D eigenvalue weighted by Crippen LogP contribution is -2.55. The van der Waals surface area contributed by atoms with E-state index >= 15 is 0 Å². The van der Waals surface area contributed by atoms with E-state index in [0.29, 0.717) is 0 Å². The molecule has 4 heteroatoms. The molecule has 1 aliphatic heterocycles. The molecule has 1 aliphatic carbocycles. The van der Waals surface area contributed by atoms with Crippen molar-refractivity contribution in [2.24, 2.45) is 11.3 Å². The Morgan fingerprint density at radius 2 is 2.05 bits per heavy atom. The van der Waals surface area contributed by atoms with Crippen LogP contribution in [0.15, 0.2) is 6.20 Å². The van der Waals surface area contributed by atoms with Crippen LogP contribution in [0.2, 0.25) is 0 Å². The molecule has 0 aromatic carbocycles. The summed E-state index contributed by atoms with van der Waals surface area (Å²) in [4.78, 5) is 10.5. The van der Waals surface area contributed by atoms with E-state index in [9.17, 15) is 5.11 Å². The molecule has 1 saturated heterocycles. The quantitative estimate of drug-likeness (QED) is 0.898. The Labute approximate surface area is 134 Å². The van der Waals surface area contributed by atoms with Gasteiger partial charge < -0.3 is 10.1 Å². The van der Waals surface area contributed by atoms with Crippen LogP contribution in [-0.4, -0.2) is 38.7 Å². The van der Waals surface area contributed by atoms with Gasteiger partial charge in [0.25, 0.3) is 0 Å². The third-order valence-electron chi connectivity index (χ3n) is 6.02. The minimum Gasteiger partial charge on any atom is -0.390 e. The standard InChI is InChI=1S/C18H31N3O/c1-17(2)13-21(9-8-18(17,3)22)12-15-11-19-16(20-15)10-14-6-4-5-7-14/h11,14,22H,4-10,12-13H2,1-3H3,(H,19,20)/t18-/m0/s1. The van der Waals surface area contributed by atoms with Gasteiger partial charge in [-0.1, -0.05) is 39.5 Å². The van der Waals surface area contributed by atoms with Gasteiger partial charge in [0.05, 0.1) is 5.60 Å². The maximum atomic E-state index is 10.5. The normalized spacial score (nSPS) is 30.0. The fourth-order valence-corrected chi connectivity index (χ4v) is 3.98. The number of H-pyrrole nitrogens is 1. The summed E-state index contributed by atoms with van der Waals surface area (Å²) >= 11 is 0. The molecule has 0 spiro atoms. The van der Waals surface area contributed by atoms with Crippen molar-refractivity contribution in [3.63, 3.8) is 0 Å². The van der Waals surface area contributed by atoms with Crippen LogP contribution in [-0.2, 0) is 13.0 Å². The summed E-state index contributed by atoms with van der Waals surface area (Å²) in [5, 5.41) is 10.5. The van der Waals surface area contributed by atoms with Gasteiger partial charge in [-0.25, -0.2) is 4.98 Å². The molecule has 0 amide bonds. The molecule has 4 nitrogen and oxygen atoms in total. The molecule has 2 N–H and O–H groups in total. The minimum atomic E-state index is -0.564. The predicted octanol–water partition coefficient (Wildman–Crippen LogP) is 3.13. The van der Waals surface area contributed by atoms with Gasteiger partial charge in [0.1, 0.15) is 5.82 Å². The highest BCUT2D eigenvalue weighted by molar-refractivity contribution is 5.04. The molecule has 1 saturated carbocycles. The SMILES string of the molecule is CC1(C)CN(Cc2cnc(CC3CCCC3)[nH]2)CC[C@]1(C)O. The second-order valence-electron chi connectivity index (χ2n) is 8.33. The van der Waals surface area contributed by atoms with E-state index in [1.807, 2.05) is 13.1 Å². The number of hydrogen-bond acceptors (Lipinski definition) is 3. The maximum absolute atomic E-state index is 10.5. The van der Waals surface area contributed by atoms with Crippen molar-refractivity contribution in [3.05, 3.63) is 17.7 Å². The summed E-state index contributed by atoms with van der Waals surface area (Å²) in [6.07, 6.45) is 9.46. The summed E-state index contributed by atoms with van der Waals surface area (Å²) in [6, 6.07) is 0. The average molecular weight is 305 g/mol. The van der Waals surface area contributed by atoms with Crippen molar-refractivity contribution in [2.45, 2.75) is 71.4 Å². The van der Waals surface area contributed by atoms with Crippen molar-refractivity contribution in [3.8, 4) is 0 Å². The first-order valence-electron chi connectivity index (χ1n) is 8.83. The van der Waals surface area contributed by atoms with Crippen LogP contribution < -0.4 is 0 Å². The molecular weight excluding hydrogens is 274 g/mol. The summed E-state index contributed by atoms with van der Waals surface area (Å²) < 4.78 is 0. The summed E-state index contributed by atoms with van der Waals surface area (Å²) in [6.45, 7) is 9.09. The summed E-state index contributed by atoms with van der Waals surface area (Å²) in [5.74, 6) is 1.99. The van der Waals surface area contributed by atoms with E-state index < -0.39 is 5.60 Å². The Kier molecular flexibility index (Phi) is 4.34. The van der Waals surface area contributed by atoms with E-state index in [2.05, 4.69) is 28.7 Å². The van der Waals surface area contributed by atoms with Gasteiger partial charge in [-0.15, -0.1) is 0 Å². The Morgan fingerprint density at radius 3 is 2.73 bits per heavy atom. The summed E-state index contributed by atoms with van der Waals surface area (Å²) in [7, 11) is 0. The molecule has 2 heterocycles. The largest absolute Gasteiger partial charge is 0.390 e. The first-order chi connectivity index (χ1) is 10.4. The van der Waals surface area contributed by atoms with Crippen LogP contribution in [0.25, 0.3) is 0 Å². The highest BCUT2D eigenvalue weighted by Gasteiger charge is 2.43. The zero-order valence-electron chi connectivity index (χ0n) is 14.4. The number of aliphatic hydroxyl groups is 1. The van der Waals surface area contributed by atoms with Crippen molar-refractivity contribution in [1.82, 2.24) is 14.9 Å². The first kappa shape index (κ1) is 16.0. The summed E-state index contributed by atoms with van der Waals surface area (Å²) in [5.41, 5.74) is 0.577. The lowest BCUT2D eigenvalue weighted by Gasteiger charge is -2.48. The molecule has 0 bridgehead atoms. The number of hydrogen-bond donors (Lipinski definition) is 2. The number of rotatable bonds is 4. The van der Waals surface area contributed by atoms with Crippen LogP contribution >= 0.6 is 0 Å². The van der Waals surface area contributed by atoms with E-state index in [0.717, 1.165) is 44.2 Å². The molecule has 1 aromatic heterocycles. The number of nitrogens with zero attached hydrogens (tertiary/aromatic N) is 2. The van der Waals surface area contributed by atoms with Crippen LogP contribution in [0.4, 0.5) is 0 Å². The van der Waals surface area contributed by atoms with Gasteiger partial charge >= 0.3 is 0 Å². The van der Waals surface area contributed by atoms with Crippen molar-refractivity contribution >= 4 is 0 Å². The predicted molar refractivity (Wildman–Crippen MR) is 88.5 cm³/mol. The van der Waals surface area contributed by atoms with E-state index in [4.69, 9.17) is 0 Å².